The summed E-state index contributed by atoms with van der Waals surface area (Å²) in [5.41, 5.74) is -0.870. The molecule has 5 heteroatoms. The fourth-order valence-electron chi connectivity index (χ4n) is 2.46. The number of hydrogen-bond acceptors (Lipinski definition) is 3. The molecular formula is C13H17FN2O2. The molecule has 0 aromatic carbocycles. The van der Waals surface area contributed by atoms with E-state index in [-0.39, 0.29) is 12.1 Å². The van der Waals surface area contributed by atoms with Crippen LogP contribution >= 0.6 is 0 Å². The third kappa shape index (κ3) is 2.67. The fourth-order valence-corrected chi connectivity index (χ4v) is 2.46. The second kappa shape index (κ2) is 5.02. The smallest absolute Gasteiger partial charge is 0.258 e. The van der Waals surface area contributed by atoms with E-state index < -0.39 is 17.5 Å². The molecule has 0 unspecified atom stereocenters. The van der Waals surface area contributed by atoms with Gasteiger partial charge in [-0.15, -0.1) is 0 Å². The lowest BCUT2D eigenvalue weighted by Crippen LogP contribution is -2.42. The van der Waals surface area contributed by atoms with Gasteiger partial charge in [0.15, 0.2) is 0 Å². The van der Waals surface area contributed by atoms with E-state index in [2.05, 4.69) is 4.98 Å². The third-order valence-corrected chi connectivity index (χ3v) is 3.40. The molecule has 1 heterocycles. The number of amides is 1. The van der Waals surface area contributed by atoms with Crippen LogP contribution in [0.2, 0.25) is 0 Å². The topological polar surface area (TPSA) is 53.4 Å². The summed E-state index contributed by atoms with van der Waals surface area (Å²) in [6, 6.07) is 2.92. The number of aliphatic hydroxyl groups is 1. The maximum atomic E-state index is 13.4. The lowest BCUT2D eigenvalue weighted by atomic mass is 10.0. The van der Waals surface area contributed by atoms with E-state index in [4.69, 9.17) is 0 Å². The van der Waals surface area contributed by atoms with E-state index in [0.29, 0.717) is 12.8 Å². The molecule has 1 aromatic rings. The van der Waals surface area contributed by atoms with Crippen molar-refractivity contribution < 1.29 is 14.3 Å². The Morgan fingerprint density at radius 3 is 2.83 bits per heavy atom. The van der Waals surface area contributed by atoms with Gasteiger partial charge >= 0.3 is 0 Å². The highest BCUT2D eigenvalue weighted by molar-refractivity contribution is 5.94. The Balaban J connectivity index is 2.07. The van der Waals surface area contributed by atoms with Crippen molar-refractivity contribution in [2.24, 2.45) is 0 Å². The van der Waals surface area contributed by atoms with Gasteiger partial charge in [-0.1, -0.05) is 12.8 Å². The molecule has 4 nitrogen and oxygen atoms in total. The molecule has 0 aliphatic heterocycles. The van der Waals surface area contributed by atoms with Crippen LogP contribution in [0.15, 0.2) is 18.3 Å². The van der Waals surface area contributed by atoms with Crippen LogP contribution in [-0.2, 0) is 0 Å². The lowest BCUT2D eigenvalue weighted by Gasteiger charge is -2.28. The van der Waals surface area contributed by atoms with Crippen molar-refractivity contribution in [1.82, 2.24) is 9.88 Å². The lowest BCUT2D eigenvalue weighted by molar-refractivity contribution is 0.0155. The molecule has 0 atom stereocenters. The van der Waals surface area contributed by atoms with Crippen LogP contribution in [0.3, 0.4) is 0 Å². The Bertz CT molecular complexity index is 444. The fraction of sp³-hybridized carbons (Fsp3) is 0.538. The Hall–Kier alpha value is -1.49. The minimum atomic E-state index is -0.816. The number of halogens is 1. The molecule has 1 aromatic heterocycles. The molecule has 1 aliphatic carbocycles. The molecule has 0 radical (unpaired) electrons. The van der Waals surface area contributed by atoms with Crippen LogP contribution in [0.5, 0.6) is 0 Å². The van der Waals surface area contributed by atoms with Crippen molar-refractivity contribution in [3.8, 4) is 0 Å². The Morgan fingerprint density at radius 2 is 2.22 bits per heavy atom. The Morgan fingerprint density at radius 1 is 1.56 bits per heavy atom. The number of carbonyl (C=O) groups excluding carboxylic acids is 1. The molecule has 98 valence electrons. The van der Waals surface area contributed by atoms with Crippen LogP contribution in [0.1, 0.15) is 36.0 Å². The summed E-state index contributed by atoms with van der Waals surface area (Å²) in [6.45, 7) is 0.236. The first-order valence-electron chi connectivity index (χ1n) is 6.10. The molecule has 1 saturated carbocycles. The summed E-state index contributed by atoms with van der Waals surface area (Å²) in [6.07, 6.45) is 4.64. The van der Waals surface area contributed by atoms with Gasteiger partial charge in [0.1, 0.15) is 0 Å². The SMILES string of the molecule is CN(CC1(O)CCCC1)C(=O)c1cccnc1F. The van der Waals surface area contributed by atoms with Crippen molar-refractivity contribution in [1.29, 1.82) is 0 Å². The second-order valence-corrected chi connectivity index (χ2v) is 4.93. The van der Waals surface area contributed by atoms with Gasteiger partial charge in [-0.25, -0.2) is 4.98 Å². The van der Waals surface area contributed by atoms with Gasteiger partial charge < -0.3 is 10.0 Å². The first kappa shape index (κ1) is 13.0. The molecular weight excluding hydrogens is 235 g/mol. The zero-order valence-corrected chi connectivity index (χ0v) is 10.4. The largest absolute Gasteiger partial charge is 0.388 e. The highest BCUT2D eigenvalue weighted by Crippen LogP contribution is 2.30. The van der Waals surface area contributed by atoms with Crippen molar-refractivity contribution in [3.05, 3.63) is 29.8 Å². The number of rotatable bonds is 3. The highest BCUT2D eigenvalue weighted by atomic mass is 19.1. The number of nitrogens with zero attached hydrogens (tertiary/aromatic N) is 2. The standard InChI is InChI=1S/C13H17FN2O2/c1-16(9-13(18)6-2-3-7-13)12(17)10-5-4-8-15-11(10)14/h4-5,8,18H,2-3,6-7,9H2,1H3. The number of aromatic nitrogens is 1. The number of likely N-dealkylation sites (N-methyl/N-ethyl adjacent to an activating group) is 1. The second-order valence-electron chi connectivity index (χ2n) is 4.93. The van der Waals surface area contributed by atoms with Crippen molar-refractivity contribution in [2.75, 3.05) is 13.6 Å². The van der Waals surface area contributed by atoms with Crippen LogP contribution in [-0.4, -0.2) is 40.1 Å². The first-order valence-corrected chi connectivity index (χ1v) is 6.10. The minimum absolute atomic E-state index is 0.0541. The van der Waals surface area contributed by atoms with Crippen molar-refractivity contribution in [2.45, 2.75) is 31.3 Å². The Labute approximate surface area is 105 Å². The summed E-state index contributed by atoms with van der Waals surface area (Å²) in [7, 11) is 1.57. The van der Waals surface area contributed by atoms with Crippen LogP contribution in [0.4, 0.5) is 4.39 Å². The van der Waals surface area contributed by atoms with E-state index in [0.717, 1.165) is 12.8 Å². The van der Waals surface area contributed by atoms with Crippen molar-refractivity contribution >= 4 is 5.91 Å². The molecule has 18 heavy (non-hydrogen) atoms. The monoisotopic (exact) mass is 252 g/mol. The summed E-state index contributed by atoms with van der Waals surface area (Å²) >= 11 is 0. The van der Waals surface area contributed by atoms with Crippen molar-refractivity contribution in [3.63, 3.8) is 0 Å². The summed E-state index contributed by atoms with van der Waals surface area (Å²) < 4.78 is 13.4. The van der Waals surface area contributed by atoms with Gasteiger partial charge in [-0.3, -0.25) is 4.79 Å². The molecule has 0 bridgehead atoms. The zero-order chi connectivity index (χ0) is 13.2. The first-order chi connectivity index (χ1) is 8.52. The molecule has 1 aliphatic rings. The molecule has 2 rings (SSSR count). The quantitative estimate of drug-likeness (QED) is 0.831. The number of carbonyl (C=O) groups is 1. The third-order valence-electron chi connectivity index (χ3n) is 3.40. The van der Waals surface area contributed by atoms with Gasteiger partial charge in [-0.05, 0) is 25.0 Å². The summed E-state index contributed by atoms with van der Waals surface area (Å²) in [4.78, 5) is 16.9. The van der Waals surface area contributed by atoms with Gasteiger partial charge in [0.2, 0.25) is 5.95 Å². The minimum Gasteiger partial charge on any atom is -0.388 e. The van der Waals surface area contributed by atoms with E-state index in [1.54, 1.807) is 7.05 Å². The maximum absolute atomic E-state index is 13.4. The van der Waals surface area contributed by atoms with Gasteiger partial charge in [-0.2, -0.15) is 4.39 Å². The molecule has 0 saturated heterocycles. The Kier molecular flexibility index (Phi) is 3.61. The van der Waals surface area contributed by atoms with Gasteiger partial charge in [0, 0.05) is 19.8 Å². The van der Waals surface area contributed by atoms with E-state index >= 15 is 0 Å². The summed E-state index contributed by atoms with van der Waals surface area (Å²) in [5.74, 6) is -1.21. The normalized spacial score (nSPS) is 17.7. The highest BCUT2D eigenvalue weighted by Gasteiger charge is 2.34. The maximum Gasteiger partial charge on any atom is 0.258 e. The summed E-state index contributed by atoms with van der Waals surface area (Å²) in [5, 5.41) is 10.2. The molecule has 0 spiro atoms. The van der Waals surface area contributed by atoms with E-state index in [1.165, 1.54) is 23.2 Å². The number of hydrogen-bond donors (Lipinski definition) is 1. The molecule has 1 N–H and O–H groups in total. The molecule has 1 amide bonds. The van der Waals surface area contributed by atoms with Gasteiger partial charge in [0.25, 0.3) is 5.91 Å². The predicted molar refractivity (Wildman–Crippen MR) is 64.6 cm³/mol. The average molecular weight is 252 g/mol. The van der Waals surface area contributed by atoms with Crippen LogP contribution < -0.4 is 0 Å². The zero-order valence-electron chi connectivity index (χ0n) is 10.4. The van der Waals surface area contributed by atoms with Crippen LogP contribution in [0.25, 0.3) is 0 Å². The average Bonchev–Trinajstić information content (AvgIpc) is 2.75. The number of pyridine rings is 1. The van der Waals surface area contributed by atoms with E-state index in [9.17, 15) is 14.3 Å². The van der Waals surface area contributed by atoms with Gasteiger partial charge in [0.05, 0.1) is 11.2 Å². The molecule has 1 fully saturated rings. The van der Waals surface area contributed by atoms with Crippen LogP contribution in [0, 0.1) is 5.95 Å². The predicted octanol–water partition coefficient (Wildman–Crippen LogP) is 1.60. The van der Waals surface area contributed by atoms with E-state index in [1.807, 2.05) is 0 Å².